The Bertz CT molecular complexity index is 460. The van der Waals surface area contributed by atoms with Crippen molar-refractivity contribution < 1.29 is 19.1 Å². The first-order valence-electron chi connectivity index (χ1n) is 9.25. The van der Waals surface area contributed by atoms with Crippen LogP contribution in [0.25, 0.3) is 0 Å². The van der Waals surface area contributed by atoms with Crippen LogP contribution >= 0.6 is 0 Å². The van der Waals surface area contributed by atoms with Crippen LogP contribution in [0.4, 0.5) is 4.79 Å². The SMILES string of the molecule is CCCCC(=O)N1CCCN(C(=O)CCNC(=O)OC(C)(C)C)CC1. The van der Waals surface area contributed by atoms with Gasteiger partial charge in [-0.3, -0.25) is 9.59 Å². The van der Waals surface area contributed by atoms with Crippen molar-refractivity contribution in [3.8, 4) is 0 Å². The Labute approximate surface area is 151 Å². The highest BCUT2D eigenvalue weighted by Gasteiger charge is 2.22. The van der Waals surface area contributed by atoms with Gasteiger partial charge in [0.2, 0.25) is 11.8 Å². The topological polar surface area (TPSA) is 79.0 Å². The molecule has 0 aromatic carbocycles. The third kappa shape index (κ3) is 8.74. The number of hydrogen-bond donors (Lipinski definition) is 1. The van der Waals surface area contributed by atoms with Gasteiger partial charge in [0, 0.05) is 45.6 Å². The number of nitrogens with zero attached hydrogens (tertiary/aromatic N) is 2. The highest BCUT2D eigenvalue weighted by Crippen LogP contribution is 2.09. The molecule has 0 unspecified atom stereocenters. The lowest BCUT2D eigenvalue weighted by Gasteiger charge is -2.23. The third-order valence-corrected chi connectivity index (χ3v) is 3.95. The van der Waals surface area contributed by atoms with Gasteiger partial charge in [-0.2, -0.15) is 0 Å². The van der Waals surface area contributed by atoms with Crippen molar-refractivity contribution in [1.82, 2.24) is 15.1 Å². The number of amides is 3. The van der Waals surface area contributed by atoms with E-state index in [2.05, 4.69) is 12.2 Å². The lowest BCUT2D eigenvalue weighted by Crippen LogP contribution is -2.39. The average molecular weight is 355 g/mol. The van der Waals surface area contributed by atoms with Gasteiger partial charge >= 0.3 is 6.09 Å². The normalized spacial score (nSPS) is 15.5. The fourth-order valence-corrected chi connectivity index (χ4v) is 2.65. The Kier molecular flexibility index (Phi) is 8.72. The number of carbonyl (C=O) groups is 3. The van der Waals surface area contributed by atoms with Crippen LogP contribution in [0.5, 0.6) is 0 Å². The minimum atomic E-state index is -0.549. The lowest BCUT2D eigenvalue weighted by molar-refractivity contribution is -0.133. The number of rotatable bonds is 6. The number of alkyl carbamates (subject to hydrolysis) is 1. The maximum atomic E-state index is 12.3. The van der Waals surface area contributed by atoms with Crippen LogP contribution in [0.2, 0.25) is 0 Å². The van der Waals surface area contributed by atoms with Crippen LogP contribution in [-0.4, -0.2) is 66.0 Å². The Morgan fingerprint density at radius 2 is 1.52 bits per heavy atom. The molecule has 25 heavy (non-hydrogen) atoms. The number of nitrogens with one attached hydrogen (secondary N) is 1. The second kappa shape index (κ2) is 10.3. The van der Waals surface area contributed by atoms with Crippen molar-refractivity contribution in [2.75, 3.05) is 32.7 Å². The first-order valence-corrected chi connectivity index (χ1v) is 9.25. The molecule has 7 heteroatoms. The van der Waals surface area contributed by atoms with E-state index in [0.29, 0.717) is 32.6 Å². The molecule has 0 atom stereocenters. The average Bonchev–Trinajstić information content (AvgIpc) is 2.76. The molecule has 1 saturated heterocycles. The summed E-state index contributed by atoms with van der Waals surface area (Å²) in [4.78, 5) is 39.6. The Morgan fingerprint density at radius 3 is 2.04 bits per heavy atom. The summed E-state index contributed by atoms with van der Waals surface area (Å²) in [5.41, 5.74) is -0.549. The third-order valence-electron chi connectivity index (χ3n) is 3.95. The first-order chi connectivity index (χ1) is 11.7. The van der Waals surface area contributed by atoms with Gasteiger partial charge < -0.3 is 19.9 Å². The molecule has 1 aliphatic heterocycles. The molecule has 1 rings (SSSR count). The second-order valence-corrected chi connectivity index (χ2v) is 7.40. The number of ether oxygens (including phenoxy) is 1. The highest BCUT2D eigenvalue weighted by atomic mass is 16.6. The maximum Gasteiger partial charge on any atom is 0.407 e. The van der Waals surface area contributed by atoms with Crippen LogP contribution in [0, 0.1) is 0 Å². The minimum absolute atomic E-state index is 0.00100. The fourth-order valence-electron chi connectivity index (χ4n) is 2.65. The van der Waals surface area contributed by atoms with E-state index in [0.717, 1.165) is 19.3 Å². The predicted molar refractivity (Wildman–Crippen MR) is 96.2 cm³/mol. The molecule has 7 nitrogen and oxygen atoms in total. The maximum absolute atomic E-state index is 12.3. The van der Waals surface area contributed by atoms with E-state index in [4.69, 9.17) is 4.74 Å². The molecular weight excluding hydrogens is 322 g/mol. The van der Waals surface area contributed by atoms with E-state index in [1.54, 1.807) is 25.7 Å². The van der Waals surface area contributed by atoms with Crippen molar-refractivity contribution in [1.29, 1.82) is 0 Å². The van der Waals surface area contributed by atoms with E-state index in [-0.39, 0.29) is 24.8 Å². The van der Waals surface area contributed by atoms with Crippen molar-refractivity contribution in [2.24, 2.45) is 0 Å². The molecule has 144 valence electrons. The van der Waals surface area contributed by atoms with Gasteiger partial charge in [-0.15, -0.1) is 0 Å². The van der Waals surface area contributed by atoms with Crippen LogP contribution in [0.1, 0.15) is 59.8 Å². The number of hydrogen-bond acceptors (Lipinski definition) is 4. The molecule has 0 aliphatic carbocycles. The molecule has 1 N–H and O–H groups in total. The summed E-state index contributed by atoms with van der Waals surface area (Å²) < 4.78 is 5.14. The van der Waals surface area contributed by atoms with Gasteiger partial charge in [-0.05, 0) is 33.6 Å². The quantitative estimate of drug-likeness (QED) is 0.792. The highest BCUT2D eigenvalue weighted by molar-refractivity contribution is 5.78. The lowest BCUT2D eigenvalue weighted by atomic mass is 10.2. The summed E-state index contributed by atoms with van der Waals surface area (Å²) in [6.07, 6.45) is 3.03. The molecule has 0 spiro atoms. The van der Waals surface area contributed by atoms with Crippen molar-refractivity contribution >= 4 is 17.9 Å². The predicted octanol–water partition coefficient (Wildman–Crippen LogP) is 2.15. The monoisotopic (exact) mass is 355 g/mol. The fraction of sp³-hybridized carbons (Fsp3) is 0.833. The van der Waals surface area contributed by atoms with Crippen LogP contribution in [0.3, 0.4) is 0 Å². The molecule has 1 fully saturated rings. The summed E-state index contributed by atoms with van der Waals surface area (Å²) in [6.45, 7) is 10.2. The standard InChI is InChI=1S/C18H33N3O4/c1-5-6-8-15(22)20-11-7-12-21(14-13-20)16(23)9-10-19-17(24)25-18(2,3)4/h5-14H2,1-4H3,(H,19,24). The Hall–Kier alpha value is -1.79. The van der Waals surface area contributed by atoms with Crippen molar-refractivity contribution in [3.63, 3.8) is 0 Å². The molecule has 3 amide bonds. The molecule has 0 bridgehead atoms. The van der Waals surface area contributed by atoms with Crippen molar-refractivity contribution in [2.45, 2.75) is 65.4 Å². The van der Waals surface area contributed by atoms with E-state index in [1.165, 1.54) is 0 Å². The van der Waals surface area contributed by atoms with Gasteiger partial charge in [-0.1, -0.05) is 13.3 Å². The molecule has 0 radical (unpaired) electrons. The summed E-state index contributed by atoms with van der Waals surface area (Å²) in [7, 11) is 0. The number of carbonyl (C=O) groups excluding carboxylic acids is 3. The van der Waals surface area contributed by atoms with E-state index in [1.807, 2.05) is 4.90 Å². The zero-order valence-corrected chi connectivity index (χ0v) is 16.1. The molecule has 1 heterocycles. The van der Waals surface area contributed by atoms with Crippen LogP contribution < -0.4 is 5.32 Å². The molecule has 0 aromatic heterocycles. The van der Waals surface area contributed by atoms with Crippen LogP contribution in [0.15, 0.2) is 0 Å². The Morgan fingerprint density at radius 1 is 0.960 bits per heavy atom. The molecular formula is C18H33N3O4. The molecule has 0 aromatic rings. The van der Waals surface area contributed by atoms with Gasteiger partial charge in [0.05, 0.1) is 0 Å². The van der Waals surface area contributed by atoms with E-state index in [9.17, 15) is 14.4 Å². The van der Waals surface area contributed by atoms with Crippen LogP contribution in [-0.2, 0) is 14.3 Å². The van der Waals surface area contributed by atoms with E-state index >= 15 is 0 Å². The summed E-state index contributed by atoms with van der Waals surface area (Å²) in [5.74, 6) is 0.182. The van der Waals surface area contributed by atoms with Gasteiger partial charge in [-0.25, -0.2) is 4.79 Å². The van der Waals surface area contributed by atoms with Gasteiger partial charge in [0.15, 0.2) is 0 Å². The number of unbranched alkanes of at least 4 members (excludes halogenated alkanes) is 1. The smallest absolute Gasteiger partial charge is 0.407 e. The van der Waals surface area contributed by atoms with Gasteiger partial charge in [0.1, 0.15) is 5.60 Å². The summed E-state index contributed by atoms with van der Waals surface area (Å²) in [6, 6.07) is 0. The Balaban J connectivity index is 2.32. The second-order valence-electron chi connectivity index (χ2n) is 7.40. The summed E-state index contributed by atoms with van der Waals surface area (Å²) in [5, 5.41) is 2.60. The molecule has 0 saturated carbocycles. The molecule has 1 aliphatic rings. The largest absolute Gasteiger partial charge is 0.444 e. The summed E-state index contributed by atoms with van der Waals surface area (Å²) >= 11 is 0. The first kappa shape index (κ1) is 21.3. The van der Waals surface area contributed by atoms with Gasteiger partial charge in [0.25, 0.3) is 0 Å². The zero-order chi connectivity index (χ0) is 18.9. The van der Waals surface area contributed by atoms with Crippen molar-refractivity contribution in [3.05, 3.63) is 0 Å². The van der Waals surface area contributed by atoms with E-state index < -0.39 is 11.7 Å². The minimum Gasteiger partial charge on any atom is -0.444 e. The zero-order valence-electron chi connectivity index (χ0n) is 16.1.